The molecule has 0 fully saturated rings. The highest BCUT2D eigenvalue weighted by molar-refractivity contribution is 6.06. The Labute approximate surface area is 135 Å². The maximum Gasteiger partial charge on any atom is 0.323 e. The van der Waals surface area contributed by atoms with Gasteiger partial charge in [-0.1, -0.05) is 45.0 Å². The molecular formula is C18H21N3O2. The molecule has 0 aliphatic rings. The fourth-order valence-electron chi connectivity index (χ4n) is 2.15. The molecule has 23 heavy (non-hydrogen) atoms. The molecule has 0 aliphatic heterocycles. The number of hydrogen-bond acceptors (Lipinski definition) is 2. The summed E-state index contributed by atoms with van der Waals surface area (Å²) in [5.74, 6) is -0.588. The van der Waals surface area contributed by atoms with Gasteiger partial charge in [0.2, 0.25) is 0 Å². The van der Waals surface area contributed by atoms with Crippen molar-refractivity contribution in [2.75, 3.05) is 10.6 Å². The summed E-state index contributed by atoms with van der Waals surface area (Å²) in [4.78, 5) is 23.4. The van der Waals surface area contributed by atoms with Gasteiger partial charge in [-0.05, 0) is 35.2 Å². The normalized spacial score (nSPS) is 10.9. The minimum absolute atomic E-state index is 0.0568. The van der Waals surface area contributed by atoms with Crippen molar-refractivity contribution < 1.29 is 9.59 Å². The van der Waals surface area contributed by atoms with E-state index in [2.05, 4.69) is 31.4 Å². The Kier molecular flexibility index (Phi) is 4.69. The second-order valence-electron chi connectivity index (χ2n) is 6.32. The molecule has 0 unspecified atom stereocenters. The van der Waals surface area contributed by atoms with E-state index in [-0.39, 0.29) is 11.0 Å². The van der Waals surface area contributed by atoms with E-state index in [1.165, 1.54) is 5.56 Å². The van der Waals surface area contributed by atoms with Crippen LogP contribution in [0.4, 0.5) is 16.2 Å². The highest BCUT2D eigenvalue weighted by atomic mass is 16.2. The highest BCUT2D eigenvalue weighted by Crippen LogP contribution is 2.23. The number of anilines is 2. The molecule has 0 spiro atoms. The molecule has 5 heteroatoms. The quantitative estimate of drug-likeness (QED) is 0.807. The molecule has 3 amide bonds. The SMILES string of the molecule is CC(C)(C)c1ccc(NC(=O)Nc2ccccc2C(N)=O)cc1. The van der Waals surface area contributed by atoms with Crippen LogP contribution in [0.25, 0.3) is 0 Å². The number of carbonyl (C=O) groups excluding carboxylic acids is 2. The number of rotatable bonds is 3. The van der Waals surface area contributed by atoms with Gasteiger partial charge in [0, 0.05) is 5.69 Å². The molecule has 2 aromatic rings. The van der Waals surface area contributed by atoms with Crippen LogP contribution in [0.3, 0.4) is 0 Å². The van der Waals surface area contributed by atoms with Crippen molar-refractivity contribution in [3.8, 4) is 0 Å². The summed E-state index contributed by atoms with van der Waals surface area (Å²) in [7, 11) is 0. The molecule has 0 aliphatic carbocycles. The number of amides is 3. The summed E-state index contributed by atoms with van der Waals surface area (Å²) < 4.78 is 0. The number of hydrogen-bond donors (Lipinski definition) is 3. The first-order valence-electron chi connectivity index (χ1n) is 7.35. The number of benzene rings is 2. The summed E-state index contributed by atoms with van der Waals surface area (Å²) in [5, 5.41) is 5.37. The second kappa shape index (κ2) is 6.52. The Morgan fingerprint density at radius 3 is 2.09 bits per heavy atom. The molecule has 0 saturated heterocycles. The van der Waals surface area contributed by atoms with Crippen molar-refractivity contribution in [2.24, 2.45) is 5.73 Å². The number of carbonyl (C=O) groups is 2. The van der Waals surface area contributed by atoms with Crippen LogP contribution in [0, 0.1) is 0 Å². The van der Waals surface area contributed by atoms with Crippen molar-refractivity contribution in [2.45, 2.75) is 26.2 Å². The predicted molar refractivity (Wildman–Crippen MR) is 92.7 cm³/mol. The largest absolute Gasteiger partial charge is 0.366 e. The average molecular weight is 311 g/mol. The minimum atomic E-state index is -0.588. The van der Waals surface area contributed by atoms with Crippen LogP contribution in [-0.2, 0) is 5.41 Å². The third kappa shape index (κ3) is 4.32. The Morgan fingerprint density at radius 1 is 0.913 bits per heavy atom. The molecule has 120 valence electrons. The lowest BCUT2D eigenvalue weighted by atomic mass is 9.87. The number of nitrogens with one attached hydrogen (secondary N) is 2. The molecule has 0 atom stereocenters. The average Bonchev–Trinajstić information content (AvgIpc) is 2.47. The predicted octanol–water partition coefficient (Wildman–Crippen LogP) is 3.73. The minimum Gasteiger partial charge on any atom is -0.366 e. The van der Waals surface area contributed by atoms with Crippen LogP contribution in [0.15, 0.2) is 48.5 Å². The Bertz CT molecular complexity index is 716. The topological polar surface area (TPSA) is 84.2 Å². The van der Waals surface area contributed by atoms with E-state index < -0.39 is 11.9 Å². The van der Waals surface area contributed by atoms with Crippen molar-refractivity contribution in [1.29, 1.82) is 0 Å². The zero-order valence-corrected chi connectivity index (χ0v) is 13.5. The fraction of sp³-hybridized carbons (Fsp3) is 0.222. The molecule has 0 bridgehead atoms. The van der Waals surface area contributed by atoms with E-state index in [1.54, 1.807) is 24.3 Å². The van der Waals surface area contributed by atoms with Gasteiger partial charge in [0.1, 0.15) is 0 Å². The number of primary amides is 1. The maximum absolute atomic E-state index is 12.1. The Hall–Kier alpha value is -2.82. The molecular weight excluding hydrogens is 290 g/mol. The van der Waals surface area contributed by atoms with Crippen molar-refractivity contribution in [3.05, 3.63) is 59.7 Å². The van der Waals surface area contributed by atoms with Crippen molar-refractivity contribution in [1.82, 2.24) is 0 Å². The number of nitrogens with two attached hydrogens (primary N) is 1. The van der Waals surface area contributed by atoms with E-state index in [0.29, 0.717) is 11.4 Å². The maximum atomic E-state index is 12.1. The molecule has 4 N–H and O–H groups in total. The van der Waals surface area contributed by atoms with Crippen molar-refractivity contribution in [3.63, 3.8) is 0 Å². The summed E-state index contributed by atoms with van der Waals surface area (Å²) >= 11 is 0. The summed E-state index contributed by atoms with van der Waals surface area (Å²) in [6.45, 7) is 6.38. The van der Waals surface area contributed by atoms with E-state index >= 15 is 0 Å². The third-order valence-electron chi connectivity index (χ3n) is 3.45. The van der Waals surface area contributed by atoms with Gasteiger partial charge in [-0.3, -0.25) is 4.79 Å². The van der Waals surface area contributed by atoms with Gasteiger partial charge in [0.15, 0.2) is 0 Å². The van der Waals surface area contributed by atoms with Gasteiger partial charge < -0.3 is 16.4 Å². The lowest BCUT2D eigenvalue weighted by Crippen LogP contribution is -2.22. The fourth-order valence-corrected chi connectivity index (χ4v) is 2.15. The second-order valence-corrected chi connectivity index (χ2v) is 6.32. The van der Waals surface area contributed by atoms with Crippen LogP contribution in [0.5, 0.6) is 0 Å². The number of para-hydroxylation sites is 1. The van der Waals surface area contributed by atoms with Crippen LogP contribution >= 0.6 is 0 Å². The zero-order valence-electron chi connectivity index (χ0n) is 13.5. The first-order valence-corrected chi connectivity index (χ1v) is 7.35. The lowest BCUT2D eigenvalue weighted by Gasteiger charge is -2.19. The zero-order chi connectivity index (χ0) is 17.0. The highest BCUT2D eigenvalue weighted by Gasteiger charge is 2.14. The summed E-state index contributed by atoms with van der Waals surface area (Å²) in [6.07, 6.45) is 0. The summed E-state index contributed by atoms with van der Waals surface area (Å²) in [5.41, 5.74) is 7.85. The molecule has 0 aromatic heterocycles. The van der Waals surface area contributed by atoms with E-state index in [9.17, 15) is 9.59 Å². The van der Waals surface area contributed by atoms with Gasteiger partial charge in [0.05, 0.1) is 11.3 Å². The number of urea groups is 1. The first kappa shape index (κ1) is 16.5. The molecule has 2 rings (SSSR count). The summed E-state index contributed by atoms with van der Waals surface area (Å²) in [6, 6.07) is 13.8. The van der Waals surface area contributed by atoms with E-state index in [1.807, 2.05) is 24.3 Å². The third-order valence-corrected chi connectivity index (χ3v) is 3.45. The molecule has 2 aromatic carbocycles. The Balaban J connectivity index is 2.07. The molecule has 0 heterocycles. The van der Waals surface area contributed by atoms with Gasteiger partial charge in [-0.15, -0.1) is 0 Å². The van der Waals surface area contributed by atoms with Gasteiger partial charge in [-0.2, -0.15) is 0 Å². The van der Waals surface area contributed by atoms with Crippen molar-refractivity contribution >= 4 is 23.3 Å². The van der Waals surface area contributed by atoms with Crippen LogP contribution in [0.2, 0.25) is 0 Å². The van der Waals surface area contributed by atoms with Gasteiger partial charge in [0.25, 0.3) is 5.91 Å². The molecule has 5 nitrogen and oxygen atoms in total. The van der Waals surface area contributed by atoms with Crippen LogP contribution in [-0.4, -0.2) is 11.9 Å². The monoisotopic (exact) mass is 311 g/mol. The molecule has 0 saturated carbocycles. The van der Waals surface area contributed by atoms with Crippen LogP contribution < -0.4 is 16.4 Å². The van der Waals surface area contributed by atoms with Gasteiger partial charge >= 0.3 is 6.03 Å². The van der Waals surface area contributed by atoms with Crippen LogP contribution in [0.1, 0.15) is 36.7 Å². The van der Waals surface area contributed by atoms with Gasteiger partial charge in [-0.25, -0.2) is 4.79 Å². The smallest absolute Gasteiger partial charge is 0.323 e. The standard InChI is InChI=1S/C18H21N3O2/c1-18(2,3)12-8-10-13(11-9-12)20-17(23)21-15-7-5-4-6-14(15)16(19)22/h4-11H,1-3H3,(H2,19,22)(H2,20,21,23). The van der Waals surface area contributed by atoms with E-state index in [4.69, 9.17) is 5.73 Å². The molecule has 0 radical (unpaired) electrons. The first-order chi connectivity index (χ1) is 10.8. The van der Waals surface area contributed by atoms with E-state index in [0.717, 1.165) is 0 Å². The Morgan fingerprint density at radius 2 is 1.52 bits per heavy atom. The lowest BCUT2D eigenvalue weighted by molar-refractivity contribution is 0.100.